The zero-order valence-corrected chi connectivity index (χ0v) is 13.3. The molecule has 0 unspecified atom stereocenters. The summed E-state index contributed by atoms with van der Waals surface area (Å²) in [6, 6.07) is 19.0. The summed E-state index contributed by atoms with van der Waals surface area (Å²) in [7, 11) is 0. The molecule has 0 atom stereocenters. The van der Waals surface area contributed by atoms with E-state index in [0.717, 1.165) is 5.56 Å². The lowest BCUT2D eigenvalue weighted by Gasteiger charge is -2.23. The first-order chi connectivity index (χ1) is 12.2. The third-order valence-corrected chi connectivity index (χ3v) is 3.74. The Morgan fingerprint density at radius 1 is 1.08 bits per heavy atom. The minimum Gasteiger partial charge on any atom is -0.508 e. The van der Waals surface area contributed by atoms with Crippen molar-refractivity contribution in [2.45, 2.75) is 6.54 Å². The molecule has 3 aromatic rings. The molecule has 25 heavy (non-hydrogen) atoms. The number of hydrogen-bond donors (Lipinski definition) is 1. The van der Waals surface area contributed by atoms with Crippen molar-refractivity contribution >= 4 is 11.6 Å². The molecule has 1 N–H and O–H groups in total. The minimum absolute atomic E-state index is 0.173. The van der Waals surface area contributed by atoms with Gasteiger partial charge in [-0.3, -0.25) is 9.78 Å². The first-order valence-corrected chi connectivity index (χ1v) is 7.67. The predicted octanol–water partition coefficient (Wildman–Crippen LogP) is 3.51. The van der Waals surface area contributed by atoms with Crippen LogP contribution in [0.25, 0.3) is 0 Å². The molecule has 0 saturated heterocycles. The molecule has 0 aliphatic rings. The lowest BCUT2D eigenvalue weighted by Crippen LogP contribution is -2.30. The molecular weight excluding hydrogens is 314 g/mol. The van der Waals surface area contributed by atoms with Crippen LogP contribution in [-0.4, -0.2) is 16.0 Å². The summed E-state index contributed by atoms with van der Waals surface area (Å²) >= 11 is 0. The minimum atomic E-state index is -0.189. The second-order valence-electron chi connectivity index (χ2n) is 5.46. The van der Waals surface area contributed by atoms with Gasteiger partial charge in [-0.1, -0.05) is 12.1 Å². The average Bonchev–Trinajstić information content (AvgIpc) is 2.68. The van der Waals surface area contributed by atoms with Crippen molar-refractivity contribution in [1.82, 2.24) is 4.98 Å². The number of anilines is 1. The van der Waals surface area contributed by atoms with Crippen molar-refractivity contribution in [3.05, 3.63) is 89.7 Å². The fraction of sp³-hybridized carbons (Fsp3) is 0.0500. The molecule has 5 nitrogen and oxygen atoms in total. The number of carbonyl (C=O) groups excluding carboxylic acids is 1. The van der Waals surface area contributed by atoms with Gasteiger partial charge in [0.15, 0.2) is 0 Å². The molecule has 1 aromatic heterocycles. The molecule has 122 valence electrons. The predicted molar refractivity (Wildman–Crippen MR) is 94.0 cm³/mol. The Bertz CT molecular complexity index is 898. The number of amides is 1. The molecule has 1 heterocycles. The second kappa shape index (κ2) is 7.28. The SMILES string of the molecule is N#Cc1ccc(N(Cc2ccc(O)cc2)C(=O)c2cccnc2)cc1. The van der Waals surface area contributed by atoms with Gasteiger partial charge in [0.1, 0.15) is 5.75 Å². The number of nitriles is 1. The monoisotopic (exact) mass is 329 g/mol. The number of aromatic nitrogens is 1. The van der Waals surface area contributed by atoms with Crippen LogP contribution in [0.2, 0.25) is 0 Å². The van der Waals surface area contributed by atoms with Gasteiger partial charge in [0.25, 0.3) is 5.91 Å². The molecule has 5 heteroatoms. The van der Waals surface area contributed by atoms with Crippen molar-refractivity contribution in [1.29, 1.82) is 5.26 Å². The Balaban J connectivity index is 1.96. The number of benzene rings is 2. The molecule has 2 aromatic carbocycles. The molecule has 0 radical (unpaired) electrons. The van der Waals surface area contributed by atoms with Gasteiger partial charge in [0.2, 0.25) is 0 Å². The number of pyridine rings is 1. The Kier molecular flexibility index (Phi) is 4.72. The Hall–Kier alpha value is -3.65. The highest BCUT2D eigenvalue weighted by atomic mass is 16.3. The maximum atomic E-state index is 12.9. The number of nitrogens with zero attached hydrogens (tertiary/aromatic N) is 3. The summed E-state index contributed by atoms with van der Waals surface area (Å²) in [6.45, 7) is 0.333. The highest BCUT2D eigenvalue weighted by Gasteiger charge is 2.18. The van der Waals surface area contributed by atoms with Gasteiger partial charge in [-0.25, -0.2) is 0 Å². The lowest BCUT2D eigenvalue weighted by molar-refractivity contribution is 0.0985. The van der Waals surface area contributed by atoms with Crippen LogP contribution in [0.1, 0.15) is 21.5 Å². The largest absolute Gasteiger partial charge is 0.508 e. The standard InChI is InChI=1S/C20H15N3O2/c21-12-15-3-7-18(8-4-15)23(14-16-5-9-19(24)10-6-16)20(25)17-2-1-11-22-13-17/h1-11,13,24H,14H2. The normalized spacial score (nSPS) is 10.0. The van der Waals surface area contributed by atoms with Crippen molar-refractivity contribution in [2.24, 2.45) is 0 Å². The molecule has 1 amide bonds. The van der Waals surface area contributed by atoms with Crippen LogP contribution < -0.4 is 4.90 Å². The zero-order valence-electron chi connectivity index (χ0n) is 13.3. The van der Waals surface area contributed by atoms with Crippen molar-refractivity contribution in [3.8, 4) is 11.8 Å². The maximum Gasteiger partial charge on any atom is 0.260 e. The fourth-order valence-electron chi connectivity index (χ4n) is 2.43. The third kappa shape index (κ3) is 3.82. The molecule has 0 bridgehead atoms. The van der Waals surface area contributed by atoms with E-state index >= 15 is 0 Å². The molecule has 0 spiro atoms. The van der Waals surface area contributed by atoms with Gasteiger partial charge in [0.05, 0.1) is 23.7 Å². The van der Waals surface area contributed by atoms with Crippen LogP contribution in [-0.2, 0) is 6.54 Å². The topological polar surface area (TPSA) is 77.2 Å². The molecule has 0 aliphatic heterocycles. The van der Waals surface area contributed by atoms with Crippen LogP contribution in [0.5, 0.6) is 5.75 Å². The number of phenolic OH excluding ortho intramolecular Hbond substituents is 1. The summed E-state index contributed by atoms with van der Waals surface area (Å²) in [5.41, 5.74) is 2.56. The van der Waals surface area contributed by atoms with E-state index in [4.69, 9.17) is 5.26 Å². The van der Waals surface area contributed by atoms with E-state index in [1.54, 1.807) is 71.8 Å². The van der Waals surface area contributed by atoms with Gasteiger partial charge in [0, 0.05) is 18.1 Å². The van der Waals surface area contributed by atoms with Crippen LogP contribution in [0.15, 0.2) is 73.1 Å². The summed E-state index contributed by atoms with van der Waals surface area (Å²) in [4.78, 5) is 18.6. The van der Waals surface area contributed by atoms with E-state index in [9.17, 15) is 9.90 Å². The lowest BCUT2D eigenvalue weighted by atomic mass is 10.1. The van der Waals surface area contributed by atoms with Gasteiger partial charge in [-0.05, 0) is 54.1 Å². The highest BCUT2D eigenvalue weighted by Crippen LogP contribution is 2.21. The van der Waals surface area contributed by atoms with Crippen LogP contribution in [0, 0.1) is 11.3 Å². The zero-order chi connectivity index (χ0) is 17.6. The van der Waals surface area contributed by atoms with Crippen LogP contribution in [0.3, 0.4) is 0 Å². The maximum absolute atomic E-state index is 12.9. The van der Waals surface area contributed by atoms with Gasteiger partial charge < -0.3 is 10.0 Å². The molecule has 0 saturated carbocycles. The fourth-order valence-corrected chi connectivity index (χ4v) is 2.43. The van der Waals surface area contributed by atoms with E-state index in [1.165, 1.54) is 6.20 Å². The second-order valence-corrected chi connectivity index (χ2v) is 5.46. The molecular formula is C20H15N3O2. The van der Waals surface area contributed by atoms with Gasteiger partial charge in [-0.2, -0.15) is 5.26 Å². The van der Waals surface area contributed by atoms with Crippen molar-refractivity contribution in [3.63, 3.8) is 0 Å². The number of carbonyl (C=O) groups is 1. The number of aromatic hydroxyl groups is 1. The number of rotatable bonds is 4. The van der Waals surface area contributed by atoms with E-state index in [2.05, 4.69) is 11.1 Å². The van der Waals surface area contributed by atoms with Crippen LogP contribution in [0.4, 0.5) is 5.69 Å². The number of phenols is 1. The third-order valence-electron chi connectivity index (χ3n) is 3.74. The quantitative estimate of drug-likeness (QED) is 0.794. The molecule has 3 rings (SSSR count). The Labute approximate surface area is 145 Å². The van der Waals surface area contributed by atoms with Crippen LogP contribution >= 0.6 is 0 Å². The van der Waals surface area contributed by atoms with Gasteiger partial charge in [-0.15, -0.1) is 0 Å². The molecule has 0 fully saturated rings. The van der Waals surface area contributed by atoms with E-state index in [1.807, 2.05) is 0 Å². The summed E-state index contributed by atoms with van der Waals surface area (Å²) in [5.74, 6) is -0.0156. The Morgan fingerprint density at radius 3 is 2.40 bits per heavy atom. The van der Waals surface area contributed by atoms with E-state index in [0.29, 0.717) is 23.4 Å². The summed E-state index contributed by atoms with van der Waals surface area (Å²) < 4.78 is 0. The van der Waals surface area contributed by atoms with Gasteiger partial charge >= 0.3 is 0 Å². The summed E-state index contributed by atoms with van der Waals surface area (Å²) in [6.07, 6.45) is 3.14. The van der Waals surface area contributed by atoms with E-state index < -0.39 is 0 Å². The highest BCUT2D eigenvalue weighted by molar-refractivity contribution is 6.05. The Morgan fingerprint density at radius 2 is 1.80 bits per heavy atom. The smallest absolute Gasteiger partial charge is 0.260 e. The van der Waals surface area contributed by atoms with E-state index in [-0.39, 0.29) is 11.7 Å². The molecule has 0 aliphatic carbocycles. The van der Waals surface area contributed by atoms with Crippen molar-refractivity contribution in [2.75, 3.05) is 4.90 Å². The first-order valence-electron chi connectivity index (χ1n) is 7.67. The number of hydrogen-bond acceptors (Lipinski definition) is 4. The van der Waals surface area contributed by atoms with Crippen molar-refractivity contribution < 1.29 is 9.90 Å². The summed E-state index contributed by atoms with van der Waals surface area (Å²) in [5, 5.41) is 18.4. The average molecular weight is 329 g/mol. The first kappa shape index (κ1) is 16.2.